The fraction of sp³-hybridized carbons (Fsp3) is 0.211. The first-order valence-electron chi connectivity index (χ1n) is 8.39. The van der Waals surface area contributed by atoms with Crippen molar-refractivity contribution in [2.45, 2.75) is 26.7 Å². The average molecular weight is 366 g/mol. The third-order valence-electron chi connectivity index (χ3n) is 4.29. The van der Waals surface area contributed by atoms with Gasteiger partial charge in [0.25, 0.3) is 11.6 Å². The Hall–Kier alpha value is -3.55. The maximum atomic E-state index is 12.6. The molecule has 1 heterocycles. The zero-order chi connectivity index (χ0) is 19.6. The number of nitrogens with one attached hydrogen (secondary N) is 1. The predicted molar refractivity (Wildman–Crippen MR) is 102 cm³/mol. The van der Waals surface area contributed by atoms with Crippen molar-refractivity contribution in [3.63, 3.8) is 0 Å². The third-order valence-corrected chi connectivity index (χ3v) is 4.29. The van der Waals surface area contributed by atoms with E-state index in [0.29, 0.717) is 16.9 Å². The summed E-state index contributed by atoms with van der Waals surface area (Å²) in [4.78, 5) is 35.4. The third kappa shape index (κ3) is 3.84. The summed E-state index contributed by atoms with van der Waals surface area (Å²) >= 11 is 0. The second-order valence-electron chi connectivity index (χ2n) is 6.25. The monoisotopic (exact) mass is 366 g/mol. The molecule has 0 spiro atoms. The van der Waals surface area contributed by atoms with Crippen molar-refractivity contribution in [1.82, 2.24) is 0 Å². The number of benzene rings is 2. The lowest BCUT2D eigenvalue weighted by molar-refractivity contribution is -0.385. The van der Waals surface area contributed by atoms with Gasteiger partial charge in [-0.1, -0.05) is 18.2 Å². The van der Waals surface area contributed by atoms with E-state index in [2.05, 4.69) is 10.4 Å². The van der Waals surface area contributed by atoms with Crippen LogP contribution in [0.5, 0.6) is 0 Å². The molecule has 0 bridgehead atoms. The predicted octanol–water partition coefficient (Wildman–Crippen LogP) is 3.33. The van der Waals surface area contributed by atoms with Crippen LogP contribution in [0, 0.1) is 24.0 Å². The summed E-state index contributed by atoms with van der Waals surface area (Å²) in [6.45, 7) is 3.47. The van der Waals surface area contributed by atoms with Crippen LogP contribution in [-0.4, -0.2) is 22.4 Å². The number of carbonyl (C=O) groups excluding carboxylic acids is 2. The van der Waals surface area contributed by atoms with E-state index >= 15 is 0 Å². The largest absolute Gasteiger partial charge is 0.320 e. The fourth-order valence-corrected chi connectivity index (χ4v) is 2.83. The molecule has 0 saturated heterocycles. The molecular weight excluding hydrogens is 348 g/mol. The van der Waals surface area contributed by atoms with Crippen LogP contribution in [0.15, 0.2) is 47.6 Å². The van der Waals surface area contributed by atoms with Gasteiger partial charge in [0.15, 0.2) is 0 Å². The van der Waals surface area contributed by atoms with E-state index in [1.165, 1.54) is 17.1 Å². The number of amides is 2. The van der Waals surface area contributed by atoms with Crippen LogP contribution in [0.1, 0.15) is 24.0 Å². The molecular formula is C19H18N4O4. The Balaban J connectivity index is 1.86. The zero-order valence-electron chi connectivity index (χ0n) is 14.9. The van der Waals surface area contributed by atoms with Gasteiger partial charge in [0, 0.05) is 18.9 Å². The van der Waals surface area contributed by atoms with Gasteiger partial charge in [0.2, 0.25) is 5.91 Å². The van der Waals surface area contributed by atoms with Crippen molar-refractivity contribution in [3.05, 3.63) is 63.7 Å². The molecule has 0 saturated carbocycles. The summed E-state index contributed by atoms with van der Waals surface area (Å²) < 4.78 is 0. The van der Waals surface area contributed by atoms with Gasteiger partial charge in [0.05, 0.1) is 21.9 Å². The summed E-state index contributed by atoms with van der Waals surface area (Å²) in [7, 11) is 0. The maximum Gasteiger partial charge on any atom is 0.274 e. The Bertz CT molecular complexity index is 968. The van der Waals surface area contributed by atoms with Crippen LogP contribution in [0.25, 0.3) is 0 Å². The highest BCUT2D eigenvalue weighted by atomic mass is 16.6. The Kier molecular flexibility index (Phi) is 4.98. The first-order valence-corrected chi connectivity index (χ1v) is 8.39. The Morgan fingerprint density at radius 1 is 1.19 bits per heavy atom. The number of nitro groups is 1. The molecule has 0 unspecified atom stereocenters. The lowest BCUT2D eigenvalue weighted by atomic mass is 10.1. The number of nitro benzene ring substituents is 1. The molecule has 0 radical (unpaired) electrons. The molecule has 0 aliphatic carbocycles. The smallest absolute Gasteiger partial charge is 0.274 e. The van der Waals surface area contributed by atoms with Crippen molar-refractivity contribution in [1.29, 1.82) is 0 Å². The average Bonchev–Trinajstić information content (AvgIpc) is 2.63. The van der Waals surface area contributed by atoms with Crippen LogP contribution < -0.4 is 10.3 Å². The number of hydrazone groups is 1. The van der Waals surface area contributed by atoms with Crippen molar-refractivity contribution in [2.24, 2.45) is 5.10 Å². The molecule has 8 nitrogen and oxygen atoms in total. The highest BCUT2D eigenvalue weighted by Gasteiger charge is 2.26. The van der Waals surface area contributed by atoms with Gasteiger partial charge in [-0.2, -0.15) is 5.10 Å². The summed E-state index contributed by atoms with van der Waals surface area (Å²) in [5.41, 5.74) is 2.39. The molecule has 1 aliphatic heterocycles. The molecule has 0 fully saturated rings. The van der Waals surface area contributed by atoms with Gasteiger partial charge in [-0.05, 0) is 37.6 Å². The Labute approximate surface area is 155 Å². The van der Waals surface area contributed by atoms with Gasteiger partial charge < -0.3 is 5.32 Å². The van der Waals surface area contributed by atoms with Gasteiger partial charge >= 0.3 is 0 Å². The second kappa shape index (κ2) is 7.36. The molecule has 2 aromatic carbocycles. The van der Waals surface area contributed by atoms with Crippen LogP contribution in [0.3, 0.4) is 0 Å². The summed E-state index contributed by atoms with van der Waals surface area (Å²) in [5, 5.41) is 19.2. The maximum absolute atomic E-state index is 12.6. The first kappa shape index (κ1) is 18.2. The number of hydrogen-bond acceptors (Lipinski definition) is 5. The standard InChI is InChI=1S/C19H18N4O4/c1-12-5-3-6-14(11-12)22-18(24)10-9-16(21-22)19(25)20-15-7-4-8-17(13(15)2)23(26)27/h3-8,11H,9-10H2,1-2H3,(H,20,25). The first-order chi connectivity index (χ1) is 12.9. The number of carbonyl (C=O) groups is 2. The molecule has 0 aromatic heterocycles. The van der Waals surface area contributed by atoms with E-state index in [4.69, 9.17) is 0 Å². The molecule has 8 heteroatoms. The highest BCUT2D eigenvalue weighted by Crippen LogP contribution is 2.26. The summed E-state index contributed by atoms with van der Waals surface area (Å²) in [5.74, 6) is -0.674. The van der Waals surface area contributed by atoms with E-state index in [-0.39, 0.29) is 30.1 Å². The topological polar surface area (TPSA) is 105 Å². The van der Waals surface area contributed by atoms with Crippen LogP contribution in [-0.2, 0) is 9.59 Å². The molecule has 2 aromatic rings. The normalized spacial score (nSPS) is 13.9. The molecule has 1 aliphatic rings. The van der Waals surface area contributed by atoms with E-state index in [1.807, 2.05) is 25.1 Å². The van der Waals surface area contributed by atoms with Crippen LogP contribution >= 0.6 is 0 Å². The lowest BCUT2D eigenvalue weighted by Gasteiger charge is -2.23. The van der Waals surface area contributed by atoms with Crippen LogP contribution in [0.2, 0.25) is 0 Å². The molecule has 138 valence electrons. The molecule has 3 rings (SSSR count). The molecule has 1 N–H and O–H groups in total. The van der Waals surface area contributed by atoms with E-state index < -0.39 is 10.8 Å². The Morgan fingerprint density at radius 2 is 1.93 bits per heavy atom. The van der Waals surface area contributed by atoms with E-state index in [0.717, 1.165) is 5.56 Å². The number of nitrogens with zero attached hydrogens (tertiary/aromatic N) is 3. The highest BCUT2D eigenvalue weighted by molar-refractivity contribution is 6.44. The minimum atomic E-state index is -0.499. The quantitative estimate of drug-likeness (QED) is 0.662. The van der Waals surface area contributed by atoms with Crippen molar-refractivity contribution < 1.29 is 14.5 Å². The SMILES string of the molecule is Cc1cccc(N2N=C(C(=O)Nc3cccc([N+](=O)[O-])c3C)CCC2=O)c1. The number of rotatable bonds is 4. The number of anilines is 2. The molecule has 0 atom stereocenters. The van der Waals surface area contributed by atoms with Gasteiger partial charge in [-0.15, -0.1) is 0 Å². The number of aryl methyl sites for hydroxylation is 1. The Morgan fingerprint density at radius 3 is 2.63 bits per heavy atom. The van der Waals surface area contributed by atoms with E-state index in [1.54, 1.807) is 19.1 Å². The molecule has 27 heavy (non-hydrogen) atoms. The summed E-state index contributed by atoms with van der Waals surface area (Å²) in [6.07, 6.45) is 0.370. The fourth-order valence-electron chi connectivity index (χ4n) is 2.83. The van der Waals surface area contributed by atoms with Gasteiger partial charge in [0.1, 0.15) is 5.71 Å². The minimum absolute atomic E-state index is 0.0741. The van der Waals surface area contributed by atoms with Crippen molar-refractivity contribution in [3.8, 4) is 0 Å². The van der Waals surface area contributed by atoms with Crippen molar-refractivity contribution >= 4 is 34.6 Å². The minimum Gasteiger partial charge on any atom is -0.320 e. The lowest BCUT2D eigenvalue weighted by Crippen LogP contribution is -2.36. The van der Waals surface area contributed by atoms with Crippen molar-refractivity contribution in [2.75, 3.05) is 10.3 Å². The zero-order valence-corrected chi connectivity index (χ0v) is 14.9. The number of hydrogen-bond donors (Lipinski definition) is 1. The second-order valence-corrected chi connectivity index (χ2v) is 6.25. The van der Waals surface area contributed by atoms with E-state index in [9.17, 15) is 19.7 Å². The summed E-state index contributed by atoms with van der Waals surface area (Å²) in [6, 6.07) is 11.8. The molecule has 2 amide bonds. The van der Waals surface area contributed by atoms with Gasteiger partial charge in [-0.25, -0.2) is 5.01 Å². The van der Waals surface area contributed by atoms with Gasteiger partial charge in [-0.3, -0.25) is 19.7 Å². The van der Waals surface area contributed by atoms with Crippen LogP contribution in [0.4, 0.5) is 17.1 Å².